The number of guanidine groups is 1. The minimum atomic E-state index is -0.221. The Morgan fingerprint density at radius 1 is 1.15 bits per heavy atom. The van der Waals surface area contributed by atoms with Crippen molar-refractivity contribution in [1.82, 2.24) is 15.6 Å². The predicted octanol–water partition coefficient (Wildman–Crippen LogP) is 2.57. The minimum Gasteiger partial charge on any atom is -0.356 e. The molecule has 0 aliphatic carbocycles. The number of hydrogen-bond acceptors (Lipinski definition) is 3. The fraction of sp³-hybridized carbons (Fsp3) is 0.350. The lowest BCUT2D eigenvalue weighted by molar-refractivity contribution is -0.116. The number of hydrogen-bond donors (Lipinski definition) is 3. The van der Waals surface area contributed by atoms with Crippen molar-refractivity contribution in [3.63, 3.8) is 0 Å². The molecular weight excluding hydrogens is 345 g/mol. The number of nitrogens with one attached hydrogen (secondary N) is 3. The standard InChI is InChI=1S/C20H26FN5O/c1-14-13-17(21)8-7-16(14)9-11-23-20(22-3)24-12-10-19(27)26-18-6-4-5-15(2)25-18/h4-8,13H,9-12H2,1-3H3,(H2,22,23,24)(H,25,26,27). The van der Waals surface area contributed by atoms with Crippen LogP contribution in [0.1, 0.15) is 23.2 Å². The third kappa shape index (κ3) is 7.05. The van der Waals surface area contributed by atoms with Gasteiger partial charge in [-0.05, 0) is 55.7 Å². The molecule has 7 heteroatoms. The highest BCUT2D eigenvalue weighted by molar-refractivity contribution is 5.90. The Labute approximate surface area is 159 Å². The maximum Gasteiger partial charge on any atom is 0.227 e. The molecule has 0 radical (unpaired) electrons. The maximum absolute atomic E-state index is 13.1. The van der Waals surface area contributed by atoms with Gasteiger partial charge in [-0.3, -0.25) is 9.79 Å². The molecule has 2 rings (SSSR count). The summed E-state index contributed by atoms with van der Waals surface area (Å²) < 4.78 is 13.1. The molecule has 0 spiro atoms. The molecule has 0 aliphatic heterocycles. The lowest BCUT2D eigenvalue weighted by Crippen LogP contribution is -2.39. The van der Waals surface area contributed by atoms with Crippen LogP contribution in [0, 0.1) is 19.7 Å². The normalized spacial score (nSPS) is 11.2. The Hall–Kier alpha value is -2.96. The summed E-state index contributed by atoms with van der Waals surface area (Å²) in [6.07, 6.45) is 1.06. The zero-order valence-corrected chi connectivity index (χ0v) is 16.0. The van der Waals surface area contributed by atoms with Crippen LogP contribution in [0.15, 0.2) is 41.4 Å². The second-order valence-corrected chi connectivity index (χ2v) is 6.21. The number of rotatable bonds is 7. The minimum absolute atomic E-state index is 0.113. The largest absolute Gasteiger partial charge is 0.356 e. The molecule has 0 bridgehead atoms. The van der Waals surface area contributed by atoms with Crippen molar-refractivity contribution in [3.8, 4) is 0 Å². The summed E-state index contributed by atoms with van der Waals surface area (Å²) in [5.74, 6) is 0.840. The van der Waals surface area contributed by atoms with E-state index in [0.717, 1.165) is 23.2 Å². The summed E-state index contributed by atoms with van der Waals surface area (Å²) in [4.78, 5) is 20.4. The molecule has 144 valence electrons. The van der Waals surface area contributed by atoms with Gasteiger partial charge < -0.3 is 16.0 Å². The van der Waals surface area contributed by atoms with Gasteiger partial charge >= 0.3 is 0 Å². The van der Waals surface area contributed by atoms with E-state index in [4.69, 9.17) is 0 Å². The van der Waals surface area contributed by atoms with Crippen LogP contribution in [0.4, 0.5) is 10.2 Å². The Morgan fingerprint density at radius 3 is 2.63 bits per heavy atom. The zero-order valence-electron chi connectivity index (χ0n) is 16.0. The molecular formula is C20H26FN5O. The Balaban J connectivity index is 1.70. The molecule has 6 nitrogen and oxygen atoms in total. The van der Waals surface area contributed by atoms with E-state index in [2.05, 4.69) is 25.9 Å². The van der Waals surface area contributed by atoms with Crippen molar-refractivity contribution < 1.29 is 9.18 Å². The van der Waals surface area contributed by atoms with Gasteiger partial charge in [0.25, 0.3) is 0 Å². The summed E-state index contributed by atoms with van der Waals surface area (Å²) in [6, 6.07) is 10.3. The Morgan fingerprint density at radius 2 is 1.93 bits per heavy atom. The smallest absolute Gasteiger partial charge is 0.227 e. The maximum atomic E-state index is 13.1. The van der Waals surface area contributed by atoms with E-state index >= 15 is 0 Å². The number of aromatic nitrogens is 1. The number of amides is 1. The molecule has 0 aliphatic rings. The summed E-state index contributed by atoms with van der Waals surface area (Å²) >= 11 is 0. The van der Waals surface area contributed by atoms with Gasteiger partial charge in [-0.1, -0.05) is 12.1 Å². The lowest BCUT2D eigenvalue weighted by Gasteiger charge is -2.12. The second-order valence-electron chi connectivity index (χ2n) is 6.21. The zero-order chi connectivity index (χ0) is 19.6. The summed E-state index contributed by atoms with van der Waals surface area (Å²) in [6.45, 7) is 4.88. The van der Waals surface area contributed by atoms with E-state index in [0.29, 0.717) is 31.3 Å². The van der Waals surface area contributed by atoms with Gasteiger partial charge in [0, 0.05) is 32.3 Å². The quantitative estimate of drug-likeness (QED) is 0.516. The fourth-order valence-corrected chi connectivity index (χ4v) is 2.59. The van der Waals surface area contributed by atoms with Gasteiger partial charge in [0.1, 0.15) is 11.6 Å². The number of aryl methyl sites for hydroxylation is 2. The van der Waals surface area contributed by atoms with Crippen molar-refractivity contribution in [1.29, 1.82) is 0 Å². The number of anilines is 1. The SMILES string of the molecule is CN=C(NCCC(=O)Nc1cccc(C)n1)NCCc1ccc(F)cc1C. The van der Waals surface area contributed by atoms with Crippen LogP contribution >= 0.6 is 0 Å². The van der Waals surface area contributed by atoms with Crippen molar-refractivity contribution in [2.75, 3.05) is 25.5 Å². The average molecular weight is 371 g/mol. The molecule has 1 amide bonds. The van der Waals surface area contributed by atoms with Gasteiger partial charge in [0.05, 0.1) is 0 Å². The highest BCUT2D eigenvalue weighted by Gasteiger charge is 2.05. The average Bonchev–Trinajstić information content (AvgIpc) is 2.62. The van der Waals surface area contributed by atoms with Crippen LogP contribution in [-0.2, 0) is 11.2 Å². The van der Waals surface area contributed by atoms with Gasteiger partial charge in [-0.2, -0.15) is 0 Å². The fourth-order valence-electron chi connectivity index (χ4n) is 2.59. The van der Waals surface area contributed by atoms with Crippen molar-refractivity contribution in [3.05, 3.63) is 59.0 Å². The van der Waals surface area contributed by atoms with E-state index in [1.165, 1.54) is 12.1 Å². The van der Waals surface area contributed by atoms with Crippen molar-refractivity contribution in [2.24, 2.45) is 4.99 Å². The van der Waals surface area contributed by atoms with E-state index in [1.807, 2.05) is 26.0 Å². The number of carbonyl (C=O) groups excluding carboxylic acids is 1. The number of aliphatic imine (C=N–C) groups is 1. The van der Waals surface area contributed by atoms with Gasteiger partial charge in [-0.25, -0.2) is 9.37 Å². The molecule has 2 aromatic rings. The summed E-state index contributed by atoms with van der Waals surface area (Å²) in [5, 5.41) is 9.07. The van der Waals surface area contributed by atoms with E-state index in [1.54, 1.807) is 19.2 Å². The van der Waals surface area contributed by atoms with Gasteiger partial charge in [0.15, 0.2) is 5.96 Å². The summed E-state index contributed by atoms with van der Waals surface area (Å²) in [7, 11) is 1.68. The molecule has 1 aromatic heterocycles. The second kappa shape index (κ2) is 10.3. The first kappa shape index (κ1) is 20.4. The van der Waals surface area contributed by atoms with Crippen molar-refractivity contribution in [2.45, 2.75) is 26.7 Å². The van der Waals surface area contributed by atoms with E-state index in [-0.39, 0.29) is 11.7 Å². The monoisotopic (exact) mass is 371 g/mol. The van der Waals surface area contributed by atoms with Crippen molar-refractivity contribution >= 4 is 17.7 Å². The van der Waals surface area contributed by atoms with Crippen LogP contribution in [0.5, 0.6) is 0 Å². The Bertz CT molecular complexity index is 807. The number of benzene rings is 1. The van der Waals surface area contributed by atoms with E-state index < -0.39 is 0 Å². The third-order valence-corrected chi connectivity index (χ3v) is 4.02. The molecule has 0 unspecified atom stereocenters. The first-order valence-corrected chi connectivity index (χ1v) is 8.91. The number of halogens is 1. The van der Waals surface area contributed by atoms with Gasteiger partial charge in [-0.15, -0.1) is 0 Å². The van der Waals surface area contributed by atoms with Crippen LogP contribution in [0.2, 0.25) is 0 Å². The number of nitrogens with zero attached hydrogens (tertiary/aromatic N) is 2. The number of pyridine rings is 1. The van der Waals surface area contributed by atoms with Crippen LogP contribution < -0.4 is 16.0 Å². The van der Waals surface area contributed by atoms with E-state index in [9.17, 15) is 9.18 Å². The first-order chi connectivity index (χ1) is 13.0. The summed E-state index contributed by atoms with van der Waals surface area (Å²) in [5.41, 5.74) is 2.87. The Kier molecular flexibility index (Phi) is 7.73. The topological polar surface area (TPSA) is 78.4 Å². The lowest BCUT2D eigenvalue weighted by atomic mass is 10.1. The molecule has 0 atom stereocenters. The van der Waals surface area contributed by atoms with Crippen LogP contribution in [0.3, 0.4) is 0 Å². The third-order valence-electron chi connectivity index (χ3n) is 4.02. The molecule has 0 saturated heterocycles. The van der Waals surface area contributed by atoms with Crippen LogP contribution in [0.25, 0.3) is 0 Å². The molecule has 1 heterocycles. The van der Waals surface area contributed by atoms with Gasteiger partial charge in [0.2, 0.25) is 5.91 Å². The molecule has 3 N–H and O–H groups in total. The highest BCUT2D eigenvalue weighted by atomic mass is 19.1. The molecule has 27 heavy (non-hydrogen) atoms. The molecule has 0 fully saturated rings. The number of carbonyl (C=O) groups is 1. The molecule has 1 aromatic carbocycles. The van der Waals surface area contributed by atoms with Crippen LogP contribution in [-0.4, -0.2) is 37.0 Å². The highest BCUT2D eigenvalue weighted by Crippen LogP contribution is 2.10. The molecule has 0 saturated carbocycles. The predicted molar refractivity (Wildman–Crippen MR) is 106 cm³/mol. The first-order valence-electron chi connectivity index (χ1n) is 8.91.